The Bertz CT molecular complexity index is 2080. The smallest absolute Gasteiger partial charge is 0.436 e. The Hall–Kier alpha value is -5.62. The molecule has 4 amide bonds. The number of hydrogen-bond acceptors (Lipinski definition) is 13. The quantitative estimate of drug-likeness (QED) is 0.161. The molecule has 18 nitrogen and oxygen atoms in total. The van der Waals surface area contributed by atoms with Crippen LogP contribution in [0, 0.1) is 6.92 Å². The van der Waals surface area contributed by atoms with Crippen molar-refractivity contribution < 1.29 is 47.3 Å². The lowest BCUT2D eigenvalue weighted by molar-refractivity contribution is -0.169. The summed E-state index contributed by atoms with van der Waals surface area (Å²) in [6.07, 6.45) is 0.0132. The van der Waals surface area contributed by atoms with Crippen LogP contribution in [0.4, 0.5) is 20.1 Å². The molecular weight excluding hydrogens is 778 g/mol. The van der Waals surface area contributed by atoms with Crippen LogP contribution in [0.2, 0.25) is 0 Å². The molecule has 60 heavy (non-hydrogen) atoms. The number of aryl methyl sites for hydroxylation is 1. The number of aromatic amines is 1. The van der Waals surface area contributed by atoms with Gasteiger partial charge in [-0.3, -0.25) is 24.4 Å². The maximum Gasteiger partial charge on any atom is 0.511 e. The number of esters is 1. The molecule has 2 atom stereocenters. The van der Waals surface area contributed by atoms with Gasteiger partial charge < -0.3 is 43.4 Å². The third kappa shape index (κ3) is 10.4. The summed E-state index contributed by atoms with van der Waals surface area (Å²) in [4.78, 5) is 89.5. The number of carbonyl (C=O) groups excluding carboxylic acids is 5. The number of para-hydroxylation sites is 1. The van der Waals surface area contributed by atoms with Gasteiger partial charge in [0.15, 0.2) is 11.7 Å². The Labute approximate surface area is 348 Å². The van der Waals surface area contributed by atoms with Crippen molar-refractivity contribution in [2.24, 2.45) is 0 Å². The average molecular weight is 834 g/mol. The zero-order valence-electron chi connectivity index (χ0n) is 34.5. The van der Waals surface area contributed by atoms with Gasteiger partial charge in [-0.1, -0.05) is 24.3 Å². The number of urea groups is 1. The van der Waals surface area contributed by atoms with Crippen LogP contribution < -0.4 is 11.1 Å². The molecule has 324 valence electrons. The Kier molecular flexibility index (Phi) is 13.6. The van der Waals surface area contributed by atoms with E-state index in [1.54, 1.807) is 22.8 Å². The average Bonchev–Trinajstić information content (AvgIpc) is 3.53. The standard InChI is InChI=1S/C42H55N7O11/c1-4-56-42(55)58-28(3)57-36(50)26-45-14-10-31(11-15-45)46-19-21-47(22-20-46)38(51)35(25-29-23-27(2)37-34(24-29)59-40(53)44-37)60-41(54)48-16-12-32(13-17-48)49-18-9-30-7-5-6-8-33(30)43-39(49)52/h5-8,23-24,28,31-32,35H,4,9-22,25-26H2,1-3H3,(H,43,52)(H,44,53)/t28?,35-/m1/s1. The molecule has 3 saturated heterocycles. The van der Waals surface area contributed by atoms with E-state index in [0.29, 0.717) is 88.4 Å². The number of benzene rings is 2. The van der Waals surface area contributed by atoms with Gasteiger partial charge >= 0.3 is 30.0 Å². The van der Waals surface area contributed by atoms with E-state index in [1.807, 2.05) is 47.1 Å². The van der Waals surface area contributed by atoms with Crippen molar-refractivity contribution in [2.75, 3.05) is 77.4 Å². The highest BCUT2D eigenvalue weighted by Gasteiger charge is 2.37. The molecule has 4 aliphatic rings. The first-order valence-corrected chi connectivity index (χ1v) is 21.0. The van der Waals surface area contributed by atoms with Crippen LogP contribution in [-0.2, 0) is 41.4 Å². The molecule has 18 heteroatoms. The van der Waals surface area contributed by atoms with Gasteiger partial charge in [0.1, 0.15) is 0 Å². The normalized spacial score (nSPS) is 19.5. The topological polar surface area (TPSA) is 196 Å². The SMILES string of the molecule is CCOC(=O)OC(C)OC(=O)CN1CCC(N2CCN(C(=O)[C@@H](Cc3cc(C)c4[nH]c(=O)oc4c3)OC(=O)N3CCC(N4CCc5ccccc5NC4=O)CC3)CC2)CC1. The molecule has 0 bridgehead atoms. The van der Waals surface area contributed by atoms with Gasteiger partial charge in [-0.15, -0.1) is 0 Å². The molecule has 0 spiro atoms. The predicted octanol–water partition coefficient (Wildman–Crippen LogP) is 3.70. The summed E-state index contributed by atoms with van der Waals surface area (Å²) in [6.45, 7) is 10.1. The lowest BCUT2D eigenvalue weighted by atomic mass is 10.0. The van der Waals surface area contributed by atoms with Crippen molar-refractivity contribution in [3.05, 3.63) is 63.6 Å². The van der Waals surface area contributed by atoms with Crippen molar-refractivity contribution in [1.82, 2.24) is 29.5 Å². The summed E-state index contributed by atoms with van der Waals surface area (Å²) in [7, 11) is 0. The van der Waals surface area contributed by atoms with Crippen molar-refractivity contribution >= 4 is 46.9 Å². The third-order valence-electron chi connectivity index (χ3n) is 11.9. The molecule has 0 radical (unpaired) electrons. The molecule has 1 aromatic heterocycles. The molecule has 0 aliphatic carbocycles. The van der Waals surface area contributed by atoms with Gasteiger partial charge in [0, 0.05) is 90.0 Å². The number of oxazole rings is 1. The highest BCUT2D eigenvalue weighted by molar-refractivity contribution is 5.91. The van der Waals surface area contributed by atoms with Crippen LogP contribution in [0.3, 0.4) is 0 Å². The van der Waals surface area contributed by atoms with E-state index in [9.17, 15) is 28.8 Å². The number of hydrogen-bond donors (Lipinski definition) is 2. The molecule has 7 rings (SSSR count). The number of nitrogens with one attached hydrogen (secondary N) is 2. The molecule has 3 fully saturated rings. The van der Waals surface area contributed by atoms with Crippen molar-refractivity contribution in [3.63, 3.8) is 0 Å². The number of piperazine rings is 1. The lowest BCUT2D eigenvalue weighted by Gasteiger charge is -2.43. The zero-order valence-corrected chi connectivity index (χ0v) is 34.5. The first kappa shape index (κ1) is 42.5. The van der Waals surface area contributed by atoms with E-state index in [2.05, 4.69) is 15.2 Å². The van der Waals surface area contributed by atoms with E-state index >= 15 is 0 Å². The highest BCUT2D eigenvalue weighted by Crippen LogP contribution is 2.26. The number of anilines is 1. The second-order valence-corrected chi connectivity index (χ2v) is 15.9. The summed E-state index contributed by atoms with van der Waals surface area (Å²) in [5.41, 5.74) is 4.31. The molecule has 0 saturated carbocycles. The number of piperidine rings is 2. The van der Waals surface area contributed by atoms with Crippen LogP contribution in [0.25, 0.3) is 11.1 Å². The van der Waals surface area contributed by atoms with Gasteiger partial charge in [-0.25, -0.2) is 19.2 Å². The largest absolute Gasteiger partial charge is 0.511 e. The van der Waals surface area contributed by atoms with Gasteiger partial charge in [-0.05, 0) is 74.8 Å². The molecular formula is C42H55N7O11. The van der Waals surface area contributed by atoms with Gasteiger partial charge in [0.25, 0.3) is 5.91 Å². The Morgan fingerprint density at radius 2 is 1.57 bits per heavy atom. The van der Waals surface area contributed by atoms with Crippen LogP contribution in [0.15, 0.2) is 45.6 Å². The summed E-state index contributed by atoms with van der Waals surface area (Å²) in [6, 6.07) is 11.5. The maximum atomic E-state index is 14.3. The maximum absolute atomic E-state index is 14.3. The number of nitrogens with zero attached hydrogens (tertiary/aromatic N) is 5. The minimum absolute atomic E-state index is 0.0421. The number of likely N-dealkylation sites (tertiary alicyclic amines) is 2. The summed E-state index contributed by atoms with van der Waals surface area (Å²) in [5, 5.41) is 3.03. The van der Waals surface area contributed by atoms with Gasteiger partial charge in [-0.2, -0.15) is 0 Å². The first-order valence-electron chi connectivity index (χ1n) is 21.0. The number of fused-ring (bicyclic) bond motifs is 2. The fourth-order valence-electron chi connectivity index (χ4n) is 8.77. The van der Waals surface area contributed by atoms with Crippen LogP contribution >= 0.6 is 0 Å². The number of rotatable bonds is 11. The molecule has 5 heterocycles. The lowest BCUT2D eigenvalue weighted by Crippen LogP contribution is -2.57. The monoisotopic (exact) mass is 833 g/mol. The second-order valence-electron chi connectivity index (χ2n) is 15.9. The Morgan fingerprint density at radius 3 is 2.30 bits per heavy atom. The number of aromatic nitrogens is 1. The van der Waals surface area contributed by atoms with Crippen molar-refractivity contribution in [2.45, 2.75) is 83.8 Å². The van der Waals surface area contributed by atoms with Crippen LogP contribution in [0.1, 0.15) is 56.2 Å². The Morgan fingerprint density at radius 1 is 0.850 bits per heavy atom. The Balaban J connectivity index is 0.929. The first-order chi connectivity index (χ1) is 28.9. The number of carbonyl (C=O) groups is 5. The van der Waals surface area contributed by atoms with E-state index in [4.69, 9.17) is 23.4 Å². The van der Waals surface area contributed by atoms with Gasteiger partial charge in [0.2, 0.25) is 6.29 Å². The van der Waals surface area contributed by atoms with Gasteiger partial charge in [0.05, 0.1) is 18.7 Å². The highest BCUT2D eigenvalue weighted by atomic mass is 16.8. The van der Waals surface area contributed by atoms with Crippen molar-refractivity contribution in [1.29, 1.82) is 0 Å². The molecule has 3 aromatic rings. The third-order valence-corrected chi connectivity index (χ3v) is 11.9. The van der Waals surface area contributed by atoms with Crippen LogP contribution in [0.5, 0.6) is 0 Å². The van der Waals surface area contributed by atoms with Crippen LogP contribution in [-0.4, -0.2) is 156 Å². The number of amides is 4. The summed E-state index contributed by atoms with van der Waals surface area (Å²) in [5.74, 6) is -1.35. The number of ether oxygens (including phenoxy) is 4. The zero-order chi connectivity index (χ0) is 42.3. The van der Waals surface area contributed by atoms with E-state index in [-0.39, 0.29) is 43.6 Å². The fourth-order valence-corrected chi connectivity index (χ4v) is 8.77. The minimum atomic E-state index is -1.12. The molecule has 1 unspecified atom stereocenters. The minimum Gasteiger partial charge on any atom is -0.436 e. The molecule has 4 aliphatic heterocycles. The predicted molar refractivity (Wildman–Crippen MR) is 217 cm³/mol. The summed E-state index contributed by atoms with van der Waals surface area (Å²) >= 11 is 0. The molecule has 2 aromatic carbocycles. The van der Waals surface area contributed by atoms with E-state index in [0.717, 1.165) is 36.1 Å². The molecule has 2 N–H and O–H groups in total. The van der Waals surface area contributed by atoms with Crippen molar-refractivity contribution in [3.8, 4) is 0 Å². The summed E-state index contributed by atoms with van der Waals surface area (Å²) < 4.78 is 26.3. The van der Waals surface area contributed by atoms with E-state index in [1.165, 1.54) is 6.92 Å². The van der Waals surface area contributed by atoms with E-state index < -0.39 is 36.4 Å². The fraction of sp³-hybridized carbons (Fsp3) is 0.571. The second kappa shape index (κ2) is 19.2. The number of H-pyrrole nitrogens is 1.